The Labute approximate surface area is 133 Å². The van der Waals surface area contributed by atoms with E-state index in [9.17, 15) is 9.59 Å². The van der Waals surface area contributed by atoms with Crippen LogP contribution in [0.2, 0.25) is 0 Å². The summed E-state index contributed by atoms with van der Waals surface area (Å²) in [6.45, 7) is -0.110. The van der Waals surface area contributed by atoms with Crippen LogP contribution in [0.3, 0.4) is 0 Å². The number of carbonyl (C=O) groups is 2. The number of imide groups is 1. The van der Waals surface area contributed by atoms with E-state index in [0.29, 0.717) is 11.3 Å². The molecule has 3 rings (SSSR count). The lowest BCUT2D eigenvalue weighted by Crippen LogP contribution is -2.33. The normalized spacial score (nSPS) is 13.3. The molecule has 0 radical (unpaired) electrons. The molecule has 1 aliphatic heterocycles. The fourth-order valence-electron chi connectivity index (χ4n) is 2.18. The average molecular weight is 304 g/mol. The number of benzene rings is 2. The van der Waals surface area contributed by atoms with Crippen molar-refractivity contribution in [1.82, 2.24) is 4.90 Å². The first-order chi connectivity index (χ1) is 11.2. The number of nitriles is 1. The molecular weight excluding hydrogens is 292 g/mol. The Balaban J connectivity index is 1.66. The van der Waals surface area contributed by atoms with Crippen molar-refractivity contribution >= 4 is 11.8 Å². The predicted octanol–water partition coefficient (Wildman–Crippen LogP) is 2.49. The molecule has 0 spiro atoms. The minimum absolute atomic E-state index is 0.110. The second-order valence-corrected chi connectivity index (χ2v) is 4.92. The molecule has 2 aromatic carbocycles. The van der Waals surface area contributed by atoms with Gasteiger partial charge in [0, 0.05) is 12.2 Å². The second kappa shape index (κ2) is 6.16. The third kappa shape index (κ3) is 3.11. The molecule has 5 heteroatoms. The van der Waals surface area contributed by atoms with E-state index in [2.05, 4.69) is 6.07 Å². The summed E-state index contributed by atoms with van der Waals surface area (Å²) < 4.78 is 5.46. The van der Waals surface area contributed by atoms with E-state index in [4.69, 9.17) is 10.00 Å². The molecule has 0 saturated heterocycles. The Hall–Kier alpha value is -3.39. The zero-order chi connectivity index (χ0) is 16.2. The monoisotopic (exact) mass is 304 g/mol. The van der Waals surface area contributed by atoms with E-state index < -0.39 is 0 Å². The molecule has 23 heavy (non-hydrogen) atoms. The summed E-state index contributed by atoms with van der Waals surface area (Å²) >= 11 is 0. The van der Waals surface area contributed by atoms with Gasteiger partial charge in [-0.3, -0.25) is 9.59 Å². The Kier molecular flexibility index (Phi) is 3.89. The van der Waals surface area contributed by atoms with Crippen molar-refractivity contribution in [1.29, 1.82) is 5.26 Å². The predicted molar refractivity (Wildman–Crippen MR) is 83.1 cm³/mol. The molecule has 0 unspecified atom stereocenters. The van der Waals surface area contributed by atoms with Crippen molar-refractivity contribution < 1.29 is 14.3 Å². The van der Waals surface area contributed by atoms with E-state index in [-0.39, 0.29) is 18.5 Å². The fourth-order valence-corrected chi connectivity index (χ4v) is 2.18. The lowest BCUT2D eigenvalue weighted by Gasteiger charge is -2.15. The van der Waals surface area contributed by atoms with Crippen LogP contribution in [0.15, 0.2) is 60.7 Å². The summed E-state index contributed by atoms with van der Waals surface area (Å²) in [5, 5.41) is 8.80. The molecule has 1 heterocycles. The summed E-state index contributed by atoms with van der Waals surface area (Å²) in [6.07, 6.45) is 2.44. The maximum Gasteiger partial charge on any atom is 0.256 e. The summed E-state index contributed by atoms with van der Waals surface area (Å²) in [6, 6.07) is 16.7. The number of rotatable bonds is 4. The van der Waals surface area contributed by atoms with Crippen LogP contribution < -0.4 is 4.74 Å². The summed E-state index contributed by atoms with van der Waals surface area (Å²) in [5.74, 6) is -0.177. The summed E-state index contributed by atoms with van der Waals surface area (Å²) in [7, 11) is 0. The summed E-state index contributed by atoms with van der Waals surface area (Å²) in [5.41, 5.74) is 2.59. The minimum Gasteiger partial charge on any atom is -0.473 e. The highest BCUT2D eigenvalue weighted by atomic mass is 16.5. The number of hydrogen-bond acceptors (Lipinski definition) is 4. The molecule has 0 saturated carbocycles. The Morgan fingerprint density at radius 1 is 0.870 bits per heavy atom. The third-order valence-corrected chi connectivity index (χ3v) is 3.46. The number of hydrogen-bond donors (Lipinski definition) is 0. The van der Waals surface area contributed by atoms with Crippen LogP contribution in [-0.4, -0.2) is 23.4 Å². The number of carbonyl (C=O) groups excluding carboxylic acids is 2. The SMILES string of the molecule is N#Cc1ccc(-c2ccc(OCN3C(=O)C=CC3=O)cc2)cc1. The quantitative estimate of drug-likeness (QED) is 0.814. The van der Waals surface area contributed by atoms with Crippen molar-refractivity contribution in [2.75, 3.05) is 6.73 Å². The van der Waals surface area contributed by atoms with Gasteiger partial charge in [-0.05, 0) is 35.4 Å². The van der Waals surface area contributed by atoms with Gasteiger partial charge < -0.3 is 4.74 Å². The third-order valence-electron chi connectivity index (χ3n) is 3.46. The van der Waals surface area contributed by atoms with Gasteiger partial charge in [-0.2, -0.15) is 5.26 Å². The van der Waals surface area contributed by atoms with Gasteiger partial charge in [0.05, 0.1) is 11.6 Å². The first-order valence-corrected chi connectivity index (χ1v) is 6.94. The number of ether oxygens (including phenoxy) is 1. The van der Waals surface area contributed by atoms with Gasteiger partial charge in [-0.25, -0.2) is 4.90 Å². The van der Waals surface area contributed by atoms with Crippen LogP contribution in [0.4, 0.5) is 0 Å². The molecule has 0 bridgehead atoms. The zero-order valence-corrected chi connectivity index (χ0v) is 12.1. The first kappa shape index (κ1) is 14.5. The van der Waals surface area contributed by atoms with Crippen molar-refractivity contribution in [3.8, 4) is 22.9 Å². The lowest BCUT2D eigenvalue weighted by atomic mass is 10.0. The molecule has 2 amide bonds. The average Bonchev–Trinajstić information content (AvgIpc) is 2.92. The Morgan fingerprint density at radius 3 is 1.91 bits per heavy atom. The van der Waals surface area contributed by atoms with Gasteiger partial charge in [-0.15, -0.1) is 0 Å². The molecular formula is C18H12N2O3. The van der Waals surface area contributed by atoms with E-state index >= 15 is 0 Å². The minimum atomic E-state index is -0.371. The maximum atomic E-state index is 11.4. The van der Waals surface area contributed by atoms with Crippen molar-refractivity contribution in [2.45, 2.75) is 0 Å². The van der Waals surface area contributed by atoms with E-state index in [1.54, 1.807) is 24.3 Å². The Morgan fingerprint density at radius 2 is 1.39 bits per heavy atom. The highest BCUT2D eigenvalue weighted by Gasteiger charge is 2.23. The van der Waals surface area contributed by atoms with Crippen LogP contribution in [0.5, 0.6) is 5.75 Å². The molecule has 0 aliphatic carbocycles. The van der Waals surface area contributed by atoms with Crippen LogP contribution >= 0.6 is 0 Å². The van der Waals surface area contributed by atoms with Crippen molar-refractivity contribution in [2.24, 2.45) is 0 Å². The van der Waals surface area contributed by atoms with E-state index in [0.717, 1.165) is 16.0 Å². The van der Waals surface area contributed by atoms with Crippen molar-refractivity contribution in [3.05, 3.63) is 66.2 Å². The molecule has 0 aromatic heterocycles. The molecule has 0 atom stereocenters. The topological polar surface area (TPSA) is 70.4 Å². The van der Waals surface area contributed by atoms with E-state index in [1.807, 2.05) is 24.3 Å². The number of nitrogens with zero attached hydrogens (tertiary/aromatic N) is 2. The van der Waals surface area contributed by atoms with Gasteiger partial charge in [0.2, 0.25) is 0 Å². The van der Waals surface area contributed by atoms with E-state index in [1.165, 1.54) is 12.2 Å². The molecule has 1 aliphatic rings. The number of amides is 2. The van der Waals surface area contributed by atoms with Crippen LogP contribution in [-0.2, 0) is 9.59 Å². The maximum absolute atomic E-state index is 11.4. The zero-order valence-electron chi connectivity index (χ0n) is 12.1. The van der Waals surface area contributed by atoms with Crippen LogP contribution in [0.1, 0.15) is 5.56 Å². The first-order valence-electron chi connectivity index (χ1n) is 6.94. The van der Waals surface area contributed by atoms with Gasteiger partial charge in [-0.1, -0.05) is 24.3 Å². The van der Waals surface area contributed by atoms with Crippen LogP contribution in [0, 0.1) is 11.3 Å². The largest absolute Gasteiger partial charge is 0.473 e. The van der Waals surface area contributed by atoms with Crippen molar-refractivity contribution in [3.63, 3.8) is 0 Å². The van der Waals surface area contributed by atoms with Gasteiger partial charge in [0.1, 0.15) is 5.75 Å². The highest BCUT2D eigenvalue weighted by Crippen LogP contribution is 2.23. The van der Waals surface area contributed by atoms with Crippen LogP contribution in [0.25, 0.3) is 11.1 Å². The molecule has 0 N–H and O–H groups in total. The second-order valence-electron chi connectivity index (χ2n) is 4.92. The molecule has 112 valence electrons. The lowest BCUT2D eigenvalue weighted by molar-refractivity contribution is -0.140. The van der Waals surface area contributed by atoms with Gasteiger partial charge in [0.25, 0.3) is 11.8 Å². The molecule has 2 aromatic rings. The summed E-state index contributed by atoms with van der Waals surface area (Å²) in [4.78, 5) is 23.8. The highest BCUT2D eigenvalue weighted by molar-refractivity contribution is 6.12. The van der Waals surface area contributed by atoms with Gasteiger partial charge >= 0.3 is 0 Å². The Bertz CT molecular complexity index is 797. The smallest absolute Gasteiger partial charge is 0.256 e. The molecule has 0 fully saturated rings. The van der Waals surface area contributed by atoms with Gasteiger partial charge in [0.15, 0.2) is 6.73 Å². The fraction of sp³-hybridized carbons (Fsp3) is 0.0556. The molecule has 5 nitrogen and oxygen atoms in total. The standard InChI is InChI=1S/C18H12N2O3/c19-11-13-1-3-14(4-2-13)15-5-7-16(8-6-15)23-12-20-17(21)9-10-18(20)22/h1-10H,12H2.